The molecule has 2 aromatic carbocycles. The molecule has 0 aliphatic rings. The molecule has 2 heterocycles. The zero-order chi connectivity index (χ0) is 25.9. The second-order valence-corrected chi connectivity index (χ2v) is 8.80. The number of aryl methyl sites for hydroxylation is 2. The van der Waals surface area contributed by atoms with Crippen molar-refractivity contribution in [3.8, 4) is 11.5 Å². The van der Waals surface area contributed by atoms with Crippen molar-refractivity contribution in [3.05, 3.63) is 96.6 Å². The maximum absolute atomic E-state index is 12.3. The zero-order valence-corrected chi connectivity index (χ0v) is 21.4. The molecule has 192 valence electrons. The number of nitrogens with one attached hydrogen (secondary N) is 1. The van der Waals surface area contributed by atoms with Crippen LogP contribution < -0.4 is 14.8 Å². The SMILES string of the molecule is C=CCc1ccc(OCCCCn2c(CCCNC(=O)c3ccncc3)nc3ccccc32)c(OC)c1. The van der Waals surface area contributed by atoms with Gasteiger partial charge in [-0.05, 0) is 67.6 Å². The standard InChI is InChI=1S/C30H34N4O3/c1-3-9-23-13-14-27(28(22-23)36-2)37-21-7-6-20-34-26-11-5-4-10-25(26)33-29(34)12-8-17-32-30(35)24-15-18-31-19-16-24/h3-5,10-11,13-16,18-19,22H,1,6-9,12,17,20-21H2,2H3,(H,32,35). The van der Waals surface area contributed by atoms with Crippen LogP contribution >= 0.6 is 0 Å². The number of aromatic nitrogens is 3. The summed E-state index contributed by atoms with van der Waals surface area (Å²) < 4.78 is 13.8. The van der Waals surface area contributed by atoms with Crippen molar-refractivity contribution < 1.29 is 14.3 Å². The third-order valence-corrected chi connectivity index (χ3v) is 6.18. The van der Waals surface area contributed by atoms with Crippen molar-refractivity contribution in [1.29, 1.82) is 0 Å². The molecule has 1 N–H and O–H groups in total. The van der Waals surface area contributed by atoms with Crippen molar-refractivity contribution in [2.75, 3.05) is 20.3 Å². The molecule has 4 rings (SSSR count). The van der Waals surface area contributed by atoms with Crippen LogP contribution in [0.15, 0.2) is 79.6 Å². The number of imidazole rings is 1. The van der Waals surface area contributed by atoms with Gasteiger partial charge >= 0.3 is 0 Å². The molecule has 1 amide bonds. The van der Waals surface area contributed by atoms with E-state index in [2.05, 4.69) is 27.5 Å². The lowest BCUT2D eigenvalue weighted by Crippen LogP contribution is -2.25. The summed E-state index contributed by atoms with van der Waals surface area (Å²) in [5, 5.41) is 2.98. The average molecular weight is 499 g/mol. The molecule has 0 aliphatic heterocycles. The minimum Gasteiger partial charge on any atom is -0.493 e. The molecule has 0 unspecified atom stereocenters. The highest BCUT2D eigenvalue weighted by molar-refractivity contribution is 5.93. The van der Waals surface area contributed by atoms with Gasteiger partial charge in [0, 0.05) is 37.5 Å². The van der Waals surface area contributed by atoms with Crippen molar-refractivity contribution in [2.24, 2.45) is 0 Å². The predicted molar refractivity (Wildman–Crippen MR) is 146 cm³/mol. The number of nitrogens with zero attached hydrogens (tertiary/aromatic N) is 3. The van der Waals surface area contributed by atoms with E-state index in [4.69, 9.17) is 14.5 Å². The van der Waals surface area contributed by atoms with Crippen molar-refractivity contribution in [3.63, 3.8) is 0 Å². The van der Waals surface area contributed by atoms with E-state index in [1.807, 2.05) is 42.5 Å². The summed E-state index contributed by atoms with van der Waals surface area (Å²) >= 11 is 0. The van der Waals surface area contributed by atoms with Gasteiger partial charge in [-0.1, -0.05) is 24.3 Å². The van der Waals surface area contributed by atoms with Crippen LogP contribution in [-0.2, 0) is 19.4 Å². The van der Waals surface area contributed by atoms with E-state index < -0.39 is 0 Å². The largest absolute Gasteiger partial charge is 0.493 e. The summed E-state index contributed by atoms with van der Waals surface area (Å²) in [6.07, 6.45) is 9.39. The Bertz CT molecular complexity index is 1320. The highest BCUT2D eigenvalue weighted by Gasteiger charge is 2.11. The van der Waals surface area contributed by atoms with Crippen LogP contribution in [0.2, 0.25) is 0 Å². The van der Waals surface area contributed by atoms with Crippen molar-refractivity contribution in [1.82, 2.24) is 19.9 Å². The summed E-state index contributed by atoms with van der Waals surface area (Å²) in [7, 11) is 1.66. The smallest absolute Gasteiger partial charge is 0.251 e. The normalized spacial score (nSPS) is 10.8. The highest BCUT2D eigenvalue weighted by Crippen LogP contribution is 2.28. The van der Waals surface area contributed by atoms with Gasteiger partial charge in [-0.2, -0.15) is 0 Å². The van der Waals surface area contributed by atoms with Gasteiger partial charge < -0.3 is 19.4 Å². The molecular weight excluding hydrogens is 464 g/mol. The molecule has 2 aromatic heterocycles. The van der Waals surface area contributed by atoms with E-state index in [-0.39, 0.29) is 5.91 Å². The van der Waals surface area contributed by atoms with E-state index in [9.17, 15) is 4.79 Å². The van der Waals surface area contributed by atoms with Gasteiger partial charge in [0.2, 0.25) is 0 Å². The molecular formula is C30H34N4O3. The molecule has 0 bridgehead atoms. The first kappa shape index (κ1) is 25.9. The first-order valence-corrected chi connectivity index (χ1v) is 12.7. The van der Waals surface area contributed by atoms with Crippen molar-refractivity contribution in [2.45, 2.75) is 38.6 Å². The fraction of sp³-hybridized carbons (Fsp3) is 0.300. The van der Waals surface area contributed by atoms with Gasteiger partial charge in [0.1, 0.15) is 5.82 Å². The van der Waals surface area contributed by atoms with Gasteiger partial charge in [-0.3, -0.25) is 9.78 Å². The molecule has 0 radical (unpaired) electrons. The Morgan fingerprint density at radius 2 is 1.89 bits per heavy atom. The van der Waals surface area contributed by atoms with Crippen LogP contribution in [0, 0.1) is 0 Å². The number of carbonyl (C=O) groups excluding carboxylic acids is 1. The number of benzene rings is 2. The quantitative estimate of drug-likeness (QED) is 0.186. The molecule has 0 saturated carbocycles. The monoisotopic (exact) mass is 498 g/mol. The van der Waals surface area contributed by atoms with Crippen LogP contribution in [0.3, 0.4) is 0 Å². The van der Waals surface area contributed by atoms with Crippen LogP contribution in [0.25, 0.3) is 11.0 Å². The Hall–Kier alpha value is -4.13. The lowest BCUT2D eigenvalue weighted by Gasteiger charge is -2.13. The van der Waals surface area contributed by atoms with E-state index in [1.54, 1.807) is 31.6 Å². The van der Waals surface area contributed by atoms with Gasteiger partial charge in [0.25, 0.3) is 5.91 Å². The van der Waals surface area contributed by atoms with E-state index in [1.165, 1.54) is 0 Å². The minimum atomic E-state index is -0.0807. The van der Waals surface area contributed by atoms with Crippen molar-refractivity contribution >= 4 is 16.9 Å². The van der Waals surface area contributed by atoms with Crippen LogP contribution in [0.1, 0.15) is 41.0 Å². The summed E-state index contributed by atoms with van der Waals surface area (Å²) in [6, 6.07) is 17.7. The molecule has 0 aliphatic carbocycles. The van der Waals surface area contributed by atoms with E-state index >= 15 is 0 Å². The number of pyridine rings is 1. The van der Waals surface area contributed by atoms with Gasteiger partial charge in [0.15, 0.2) is 11.5 Å². The Labute approximate surface area is 218 Å². The molecule has 0 fully saturated rings. The number of rotatable bonds is 14. The maximum Gasteiger partial charge on any atom is 0.251 e. The van der Waals surface area contributed by atoms with E-state index in [0.29, 0.717) is 18.7 Å². The number of fused-ring (bicyclic) bond motifs is 1. The second-order valence-electron chi connectivity index (χ2n) is 8.80. The lowest BCUT2D eigenvalue weighted by atomic mass is 10.1. The Kier molecular flexibility index (Phi) is 9.29. The molecule has 0 spiro atoms. The Morgan fingerprint density at radius 1 is 1.05 bits per heavy atom. The fourth-order valence-electron chi connectivity index (χ4n) is 4.30. The summed E-state index contributed by atoms with van der Waals surface area (Å²) in [6.45, 7) is 5.85. The number of para-hydroxylation sites is 2. The fourth-order valence-corrected chi connectivity index (χ4v) is 4.30. The number of amides is 1. The van der Waals surface area contributed by atoms with Gasteiger partial charge in [-0.25, -0.2) is 4.98 Å². The van der Waals surface area contributed by atoms with Crippen LogP contribution in [0.4, 0.5) is 0 Å². The van der Waals surface area contributed by atoms with Gasteiger partial charge in [0.05, 0.1) is 24.8 Å². The number of hydrogen-bond donors (Lipinski definition) is 1. The first-order valence-electron chi connectivity index (χ1n) is 12.7. The summed E-state index contributed by atoms with van der Waals surface area (Å²) in [5.74, 6) is 2.47. The third-order valence-electron chi connectivity index (χ3n) is 6.18. The number of hydrogen-bond acceptors (Lipinski definition) is 5. The number of allylic oxidation sites excluding steroid dienone is 1. The lowest BCUT2D eigenvalue weighted by molar-refractivity contribution is 0.0953. The number of unbranched alkanes of at least 4 members (excludes halogenated alkanes) is 1. The number of carbonyl (C=O) groups is 1. The summed E-state index contributed by atoms with van der Waals surface area (Å²) in [4.78, 5) is 21.1. The maximum atomic E-state index is 12.3. The topological polar surface area (TPSA) is 78.3 Å². The molecule has 7 nitrogen and oxygen atoms in total. The second kappa shape index (κ2) is 13.3. The number of methoxy groups -OCH3 is 1. The number of ether oxygens (including phenoxy) is 2. The Morgan fingerprint density at radius 3 is 2.70 bits per heavy atom. The average Bonchev–Trinajstić information content (AvgIpc) is 3.29. The minimum absolute atomic E-state index is 0.0807. The van der Waals surface area contributed by atoms with Crippen LogP contribution in [0.5, 0.6) is 11.5 Å². The highest BCUT2D eigenvalue weighted by atomic mass is 16.5. The molecule has 0 atom stereocenters. The molecule has 0 saturated heterocycles. The Balaban J connectivity index is 1.29. The molecule has 37 heavy (non-hydrogen) atoms. The first-order chi connectivity index (χ1) is 18.2. The predicted octanol–water partition coefficient (Wildman–Crippen LogP) is 5.39. The summed E-state index contributed by atoms with van der Waals surface area (Å²) in [5.41, 5.74) is 3.91. The molecule has 4 aromatic rings. The van der Waals surface area contributed by atoms with Crippen LogP contribution in [-0.4, -0.2) is 40.7 Å². The van der Waals surface area contributed by atoms with E-state index in [0.717, 1.165) is 72.6 Å². The molecule has 7 heteroatoms. The van der Waals surface area contributed by atoms with Gasteiger partial charge in [-0.15, -0.1) is 6.58 Å². The zero-order valence-electron chi connectivity index (χ0n) is 21.4. The third kappa shape index (κ3) is 6.97.